The second kappa shape index (κ2) is 4.74. The second-order valence-electron chi connectivity index (χ2n) is 5.29. The van der Waals surface area contributed by atoms with Gasteiger partial charge in [0.25, 0.3) is 0 Å². The van der Waals surface area contributed by atoms with E-state index in [9.17, 15) is 4.79 Å². The fourth-order valence-corrected chi connectivity index (χ4v) is 2.61. The van der Waals surface area contributed by atoms with Gasteiger partial charge in [-0.05, 0) is 36.9 Å². The summed E-state index contributed by atoms with van der Waals surface area (Å²) in [6.07, 6.45) is 4.21. The molecule has 0 radical (unpaired) electrons. The molecule has 1 fully saturated rings. The molecule has 2 unspecified atom stereocenters. The molecule has 1 aromatic heterocycles. The summed E-state index contributed by atoms with van der Waals surface area (Å²) in [6, 6.07) is 1.66. The molecule has 1 aliphatic rings. The lowest BCUT2D eigenvalue weighted by Crippen LogP contribution is -2.17. The molecular weight excluding hydrogens is 236 g/mol. The zero-order valence-electron chi connectivity index (χ0n) is 9.99. The highest BCUT2D eigenvalue weighted by Crippen LogP contribution is 2.40. The van der Waals surface area contributed by atoms with E-state index >= 15 is 0 Å². The average molecular weight is 254 g/mol. The quantitative estimate of drug-likeness (QED) is 0.810. The van der Waals surface area contributed by atoms with Crippen molar-refractivity contribution in [2.24, 2.45) is 11.1 Å². The number of Topliss-reactive ketones (excluding diaryl/α,β-unsaturated/α-hetero) is 1. The molecule has 1 aliphatic carbocycles. The summed E-state index contributed by atoms with van der Waals surface area (Å²) < 4.78 is 5.38. The SMILES string of the molecule is CC1(CCC(N)c2cc(=S)o[nH]2)CCC(=O)C1. The van der Waals surface area contributed by atoms with Crippen LogP contribution in [0.4, 0.5) is 0 Å². The summed E-state index contributed by atoms with van der Waals surface area (Å²) in [5.74, 6) is 0.379. The Morgan fingerprint density at radius 1 is 1.71 bits per heavy atom. The van der Waals surface area contributed by atoms with Crippen LogP contribution in [0.15, 0.2) is 10.6 Å². The minimum atomic E-state index is -0.0945. The van der Waals surface area contributed by atoms with Crippen LogP contribution in [0, 0.1) is 10.1 Å². The number of H-pyrrole nitrogens is 1. The van der Waals surface area contributed by atoms with Gasteiger partial charge in [0.1, 0.15) is 5.78 Å². The first-order chi connectivity index (χ1) is 7.98. The topological polar surface area (TPSA) is 72.0 Å². The van der Waals surface area contributed by atoms with Crippen LogP contribution in [0.25, 0.3) is 0 Å². The highest BCUT2D eigenvalue weighted by molar-refractivity contribution is 7.71. The van der Waals surface area contributed by atoms with Gasteiger partial charge in [0.2, 0.25) is 4.71 Å². The maximum atomic E-state index is 11.3. The normalized spacial score (nSPS) is 26.4. The van der Waals surface area contributed by atoms with E-state index in [0.29, 0.717) is 16.9 Å². The second-order valence-corrected chi connectivity index (χ2v) is 5.70. The standard InChI is InChI=1S/C12H18N2O2S/c1-12(4-2-8(15)7-12)5-3-9(13)10-6-11(17)16-14-10/h6,9,14H,2-5,7,13H2,1H3. The van der Waals surface area contributed by atoms with Crippen molar-refractivity contribution in [1.29, 1.82) is 0 Å². The maximum Gasteiger partial charge on any atom is 0.220 e. The van der Waals surface area contributed by atoms with Gasteiger partial charge in [-0.1, -0.05) is 6.92 Å². The van der Waals surface area contributed by atoms with E-state index in [1.54, 1.807) is 6.07 Å². The van der Waals surface area contributed by atoms with Gasteiger partial charge in [-0.2, -0.15) is 0 Å². The number of hydrogen-bond donors (Lipinski definition) is 2. The van der Waals surface area contributed by atoms with Crippen LogP contribution in [0.2, 0.25) is 0 Å². The first-order valence-corrected chi connectivity index (χ1v) is 6.35. The van der Waals surface area contributed by atoms with Gasteiger partial charge in [-0.3, -0.25) is 4.79 Å². The molecule has 0 aliphatic heterocycles. The van der Waals surface area contributed by atoms with E-state index in [4.69, 9.17) is 22.5 Å². The predicted octanol–water partition coefficient (Wildman–Crippen LogP) is 2.88. The van der Waals surface area contributed by atoms with E-state index in [2.05, 4.69) is 12.1 Å². The predicted molar refractivity (Wildman–Crippen MR) is 67.0 cm³/mol. The van der Waals surface area contributed by atoms with E-state index in [0.717, 1.165) is 31.4 Å². The molecule has 3 N–H and O–H groups in total. The summed E-state index contributed by atoms with van der Waals surface area (Å²) in [5.41, 5.74) is 7.03. The minimum Gasteiger partial charge on any atom is -0.370 e. The Bertz CT molecular complexity index is 465. The van der Waals surface area contributed by atoms with Crippen LogP contribution < -0.4 is 5.73 Å². The summed E-state index contributed by atoms with van der Waals surface area (Å²) in [7, 11) is 0. The largest absolute Gasteiger partial charge is 0.370 e. The number of nitrogens with two attached hydrogens (primary N) is 1. The Hall–Kier alpha value is -0.940. The lowest BCUT2D eigenvalue weighted by molar-refractivity contribution is -0.118. The van der Waals surface area contributed by atoms with Crippen LogP contribution in [0.1, 0.15) is 50.8 Å². The van der Waals surface area contributed by atoms with Crippen molar-refractivity contribution < 1.29 is 9.32 Å². The van der Waals surface area contributed by atoms with Gasteiger partial charge in [0.05, 0.1) is 5.69 Å². The molecule has 0 amide bonds. The maximum absolute atomic E-state index is 11.3. The Kier molecular flexibility index (Phi) is 3.49. The smallest absolute Gasteiger partial charge is 0.220 e. The van der Waals surface area contributed by atoms with E-state index in [-0.39, 0.29) is 11.5 Å². The fourth-order valence-electron chi connectivity index (χ4n) is 2.44. The van der Waals surface area contributed by atoms with Crippen LogP contribution in [-0.2, 0) is 4.79 Å². The van der Waals surface area contributed by atoms with Crippen molar-refractivity contribution in [3.8, 4) is 0 Å². The summed E-state index contributed by atoms with van der Waals surface area (Å²) in [6.45, 7) is 2.17. The number of ketones is 1. The van der Waals surface area contributed by atoms with E-state index in [1.807, 2.05) is 0 Å². The number of hydrogen-bond acceptors (Lipinski definition) is 4. The first kappa shape index (κ1) is 12.5. The van der Waals surface area contributed by atoms with E-state index < -0.39 is 0 Å². The van der Waals surface area contributed by atoms with Crippen LogP contribution in [0.5, 0.6) is 0 Å². The van der Waals surface area contributed by atoms with Crippen molar-refractivity contribution in [2.45, 2.75) is 45.1 Å². The molecule has 0 aromatic carbocycles. The molecule has 17 heavy (non-hydrogen) atoms. The summed E-state index contributed by atoms with van der Waals surface area (Å²) >= 11 is 4.88. The lowest BCUT2D eigenvalue weighted by atomic mass is 9.82. The molecule has 2 rings (SSSR count). The Labute approximate surface area is 106 Å². The molecule has 0 bridgehead atoms. The Morgan fingerprint density at radius 2 is 2.47 bits per heavy atom. The third-order valence-electron chi connectivity index (χ3n) is 3.63. The first-order valence-electron chi connectivity index (χ1n) is 5.94. The van der Waals surface area contributed by atoms with Crippen LogP contribution in [0.3, 0.4) is 0 Å². The van der Waals surface area contributed by atoms with Crippen LogP contribution >= 0.6 is 12.2 Å². The number of carbonyl (C=O) groups is 1. The molecule has 1 heterocycles. The number of aromatic amines is 1. The molecule has 94 valence electrons. The Balaban J connectivity index is 1.90. The van der Waals surface area contributed by atoms with E-state index in [1.165, 1.54) is 0 Å². The molecule has 0 spiro atoms. The highest BCUT2D eigenvalue weighted by Gasteiger charge is 2.33. The van der Waals surface area contributed by atoms with Gasteiger partial charge in [-0.15, -0.1) is 0 Å². The number of carbonyl (C=O) groups excluding carboxylic acids is 1. The van der Waals surface area contributed by atoms with Crippen molar-refractivity contribution in [3.05, 3.63) is 16.5 Å². The van der Waals surface area contributed by atoms with Gasteiger partial charge >= 0.3 is 0 Å². The summed E-state index contributed by atoms with van der Waals surface area (Å²) in [5, 5.41) is 2.73. The monoisotopic (exact) mass is 254 g/mol. The average Bonchev–Trinajstić information content (AvgIpc) is 2.83. The highest BCUT2D eigenvalue weighted by atomic mass is 32.1. The van der Waals surface area contributed by atoms with Gasteiger partial charge in [0.15, 0.2) is 0 Å². The van der Waals surface area contributed by atoms with Crippen molar-refractivity contribution in [2.75, 3.05) is 0 Å². The fraction of sp³-hybridized carbons (Fsp3) is 0.667. The number of aromatic nitrogens is 1. The third kappa shape index (κ3) is 3.04. The van der Waals surface area contributed by atoms with Gasteiger partial charge in [-0.25, -0.2) is 5.16 Å². The molecule has 2 atom stereocenters. The van der Waals surface area contributed by atoms with Crippen molar-refractivity contribution in [1.82, 2.24) is 5.16 Å². The number of nitrogens with one attached hydrogen (secondary N) is 1. The van der Waals surface area contributed by atoms with Crippen molar-refractivity contribution >= 4 is 18.0 Å². The van der Waals surface area contributed by atoms with Gasteiger partial charge in [0, 0.05) is 24.9 Å². The van der Waals surface area contributed by atoms with Gasteiger partial charge < -0.3 is 10.3 Å². The molecular formula is C12H18N2O2S. The van der Waals surface area contributed by atoms with Crippen LogP contribution in [-0.4, -0.2) is 10.9 Å². The summed E-state index contributed by atoms with van der Waals surface area (Å²) in [4.78, 5) is 11.3. The lowest BCUT2D eigenvalue weighted by Gasteiger charge is -2.23. The number of rotatable bonds is 4. The zero-order chi connectivity index (χ0) is 12.5. The molecule has 1 aromatic rings. The third-order valence-corrected chi connectivity index (χ3v) is 3.83. The molecule has 4 nitrogen and oxygen atoms in total. The molecule has 5 heteroatoms. The Morgan fingerprint density at radius 3 is 3.00 bits per heavy atom. The molecule has 1 saturated carbocycles. The zero-order valence-corrected chi connectivity index (χ0v) is 10.8. The van der Waals surface area contributed by atoms with Crippen molar-refractivity contribution in [3.63, 3.8) is 0 Å². The molecule has 0 saturated heterocycles. The minimum absolute atomic E-state index is 0.0945.